The Morgan fingerprint density at radius 1 is 1.19 bits per heavy atom. The molecule has 0 atom stereocenters. The van der Waals surface area contributed by atoms with Crippen molar-refractivity contribution in [2.24, 2.45) is 0 Å². The van der Waals surface area contributed by atoms with Gasteiger partial charge in [-0.25, -0.2) is 13.6 Å². The predicted molar refractivity (Wildman–Crippen MR) is 79.5 cm³/mol. The minimum atomic E-state index is -1.19. The Morgan fingerprint density at radius 2 is 1.90 bits per heavy atom. The Balaban J connectivity index is 2.29. The maximum atomic E-state index is 13.8. The molecule has 0 spiro atoms. The van der Waals surface area contributed by atoms with E-state index in [0.29, 0.717) is 4.47 Å². The summed E-state index contributed by atoms with van der Waals surface area (Å²) in [5.74, 6) is -2.69. The van der Waals surface area contributed by atoms with Crippen LogP contribution in [0, 0.1) is 11.6 Å². The summed E-state index contributed by atoms with van der Waals surface area (Å²) in [6, 6.07) is 6.70. The third kappa shape index (κ3) is 3.59. The zero-order valence-corrected chi connectivity index (χ0v) is 13.5. The van der Waals surface area contributed by atoms with Crippen molar-refractivity contribution >= 4 is 37.8 Å². The second-order valence-corrected chi connectivity index (χ2v) is 5.83. The van der Waals surface area contributed by atoms with E-state index >= 15 is 0 Å². The lowest BCUT2D eigenvalue weighted by Crippen LogP contribution is -2.06. The molecule has 0 amide bonds. The van der Waals surface area contributed by atoms with Crippen LogP contribution in [0.2, 0.25) is 0 Å². The number of hydrogen-bond acceptors (Lipinski definition) is 2. The first kappa shape index (κ1) is 15.9. The highest BCUT2D eigenvalue weighted by molar-refractivity contribution is 9.10. The SMILES string of the molecule is O=C(O)c1cc(Br)ccc1OCc1c(F)ccc(Br)c1F. The van der Waals surface area contributed by atoms with Crippen LogP contribution in [0.4, 0.5) is 8.78 Å². The molecule has 1 N–H and O–H groups in total. The van der Waals surface area contributed by atoms with Crippen molar-refractivity contribution in [3.63, 3.8) is 0 Å². The van der Waals surface area contributed by atoms with Crippen molar-refractivity contribution in [1.82, 2.24) is 0 Å². The lowest BCUT2D eigenvalue weighted by molar-refractivity contribution is 0.0691. The van der Waals surface area contributed by atoms with Gasteiger partial charge in [0.2, 0.25) is 0 Å². The highest BCUT2D eigenvalue weighted by Crippen LogP contribution is 2.26. The van der Waals surface area contributed by atoms with Crippen molar-refractivity contribution in [2.75, 3.05) is 0 Å². The molecule has 0 bridgehead atoms. The molecule has 7 heteroatoms. The number of halogens is 4. The minimum absolute atomic E-state index is 0.0319. The van der Waals surface area contributed by atoms with Gasteiger partial charge in [-0.2, -0.15) is 0 Å². The third-order valence-corrected chi connectivity index (χ3v) is 3.79. The molecule has 110 valence electrons. The topological polar surface area (TPSA) is 46.5 Å². The molecule has 0 radical (unpaired) electrons. The average molecular weight is 422 g/mol. The van der Waals surface area contributed by atoms with Crippen LogP contribution in [0.25, 0.3) is 0 Å². The van der Waals surface area contributed by atoms with Crippen LogP contribution in [0.15, 0.2) is 39.3 Å². The Hall–Kier alpha value is -1.47. The fraction of sp³-hybridized carbons (Fsp3) is 0.0714. The predicted octanol–water partition coefficient (Wildman–Crippen LogP) is 4.77. The van der Waals surface area contributed by atoms with Crippen molar-refractivity contribution in [3.05, 3.63) is 62.0 Å². The third-order valence-electron chi connectivity index (χ3n) is 2.68. The van der Waals surface area contributed by atoms with Crippen LogP contribution in [-0.2, 0) is 6.61 Å². The highest BCUT2D eigenvalue weighted by Gasteiger charge is 2.16. The first-order valence-corrected chi connectivity index (χ1v) is 7.26. The first-order chi connectivity index (χ1) is 9.90. The van der Waals surface area contributed by atoms with Gasteiger partial charge >= 0.3 is 5.97 Å². The maximum absolute atomic E-state index is 13.8. The zero-order valence-electron chi connectivity index (χ0n) is 10.4. The summed E-state index contributed by atoms with van der Waals surface area (Å²) in [7, 11) is 0. The fourth-order valence-corrected chi connectivity index (χ4v) is 2.38. The van der Waals surface area contributed by atoms with Crippen LogP contribution >= 0.6 is 31.9 Å². The quantitative estimate of drug-likeness (QED) is 0.723. The van der Waals surface area contributed by atoms with E-state index in [-0.39, 0.29) is 21.3 Å². The van der Waals surface area contributed by atoms with Gasteiger partial charge < -0.3 is 9.84 Å². The molecule has 0 heterocycles. The van der Waals surface area contributed by atoms with E-state index in [1.54, 1.807) is 6.07 Å². The standard InChI is InChI=1S/C14H8Br2F2O3/c15-7-1-4-12(8(5-7)14(19)20)21-6-9-11(17)3-2-10(16)13(9)18/h1-5H,6H2,(H,19,20). The van der Waals surface area contributed by atoms with Gasteiger partial charge in [0, 0.05) is 4.47 Å². The second-order valence-electron chi connectivity index (χ2n) is 4.06. The molecule has 0 aliphatic carbocycles. The summed E-state index contributed by atoms with van der Waals surface area (Å²) >= 11 is 6.10. The molecule has 0 saturated heterocycles. The van der Waals surface area contributed by atoms with E-state index in [2.05, 4.69) is 31.9 Å². The van der Waals surface area contributed by atoms with Gasteiger partial charge in [-0.15, -0.1) is 0 Å². The summed E-state index contributed by atoms with van der Waals surface area (Å²) in [5, 5.41) is 9.08. The van der Waals surface area contributed by atoms with Gasteiger partial charge in [0.05, 0.1) is 10.0 Å². The molecule has 0 fully saturated rings. The van der Waals surface area contributed by atoms with E-state index < -0.39 is 24.2 Å². The molecule has 3 nitrogen and oxygen atoms in total. The van der Waals surface area contributed by atoms with Crippen LogP contribution in [0.3, 0.4) is 0 Å². The largest absolute Gasteiger partial charge is 0.488 e. The molecule has 0 aliphatic heterocycles. The van der Waals surface area contributed by atoms with E-state index in [4.69, 9.17) is 9.84 Å². The number of ether oxygens (including phenoxy) is 1. The normalized spacial score (nSPS) is 10.5. The van der Waals surface area contributed by atoms with Crippen molar-refractivity contribution in [1.29, 1.82) is 0 Å². The molecule has 0 aliphatic rings. The molecule has 2 aromatic carbocycles. The summed E-state index contributed by atoms with van der Waals surface area (Å²) in [6.07, 6.45) is 0. The van der Waals surface area contributed by atoms with E-state index in [0.717, 1.165) is 6.07 Å². The Bertz CT molecular complexity index is 705. The number of carboxylic acids is 1. The van der Waals surface area contributed by atoms with Gasteiger partial charge in [0.15, 0.2) is 0 Å². The monoisotopic (exact) mass is 420 g/mol. The molecular formula is C14H8Br2F2O3. The minimum Gasteiger partial charge on any atom is -0.488 e. The second kappa shape index (κ2) is 6.53. The molecule has 0 saturated carbocycles. The average Bonchev–Trinajstić information content (AvgIpc) is 2.44. The number of benzene rings is 2. The van der Waals surface area contributed by atoms with Crippen molar-refractivity contribution < 1.29 is 23.4 Å². The van der Waals surface area contributed by atoms with Gasteiger partial charge in [0.25, 0.3) is 0 Å². The zero-order chi connectivity index (χ0) is 15.6. The summed E-state index contributed by atoms with van der Waals surface area (Å²) in [5.41, 5.74) is -0.371. The van der Waals surface area contributed by atoms with Gasteiger partial charge in [-0.3, -0.25) is 0 Å². The fourth-order valence-electron chi connectivity index (χ4n) is 1.65. The molecule has 0 unspecified atom stereocenters. The Morgan fingerprint density at radius 3 is 2.57 bits per heavy atom. The molecule has 21 heavy (non-hydrogen) atoms. The molecule has 2 aromatic rings. The smallest absolute Gasteiger partial charge is 0.339 e. The summed E-state index contributed by atoms with van der Waals surface area (Å²) < 4.78 is 33.3. The number of carbonyl (C=O) groups is 1. The van der Waals surface area contributed by atoms with Crippen LogP contribution in [-0.4, -0.2) is 11.1 Å². The van der Waals surface area contributed by atoms with E-state index in [1.807, 2.05) is 0 Å². The van der Waals surface area contributed by atoms with Crippen LogP contribution in [0.5, 0.6) is 5.75 Å². The molecular weight excluding hydrogens is 414 g/mol. The first-order valence-electron chi connectivity index (χ1n) is 5.68. The number of rotatable bonds is 4. The van der Waals surface area contributed by atoms with Crippen molar-refractivity contribution in [3.8, 4) is 5.75 Å². The number of hydrogen-bond donors (Lipinski definition) is 1. The van der Waals surface area contributed by atoms with E-state index in [9.17, 15) is 13.6 Å². The molecule has 0 aromatic heterocycles. The summed E-state index contributed by atoms with van der Waals surface area (Å²) in [6.45, 7) is -0.418. The van der Waals surface area contributed by atoms with Crippen LogP contribution < -0.4 is 4.74 Å². The van der Waals surface area contributed by atoms with Gasteiger partial charge in [-0.1, -0.05) is 15.9 Å². The number of aromatic carboxylic acids is 1. The lowest BCUT2D eigenvalue weighted by Gasteiger charge is -2.11. The van der Waals surface area contributed by atoms with E-state index in [1.165, 1.54) is 18.2 Å². The highest BCUT2D eigenvalue weighted by atomic mass is 79.9. The maximum Gasteiger partial charge on any atom is 0.339 e. The van der Waals surface area contributed by atoms with Gasteiger partial charge in [0.1, 0.15) is 29.6 Å². The number of carboxylic acid groups (broad SMARTS) is 1. The Kier molecular flexibility index (Phi) is 4.95. The molecule has 2 rings (SSSR count). The van der Waals surface area contributed by atoms with Crippen LogP contribution in [0.1, 0.15) is 15.9 Å². The Labute approximate surface area is 135 Å². The van der Waals surface area contributed by atoms with Gasteiger partial charge in [-0.05, 0) is 46.3 Å². The van der Waals surface area contributed by atoms with Crippen molar-refractivity contribution in [2.45, 2.75) is 6.61 Å². The summed E-state index contributed by atoms with van der Waals surface area (Å²) in [4.78, 5) is 11.1. The lowest BCUT2D eigenvalue weighted by atomic mass is 10.2.